The van der Waals surface area contributed by atoms with Gasteiger partial charge in [-0.15, -0.1) is 0 Å². The summed E-state index contributed by atoms with van der Waals surface area (Å²) in [5, 5.41) is 20.6. The predicted octanol–water partition coefficient (Wildman–Crippen LogP) is -1.37. The lowest BCUT2D eigenvalue weighted by Crippen LogP contribution is -2.57. The van der Waals surface area contributed by atoms with Gasteiger partial charge in [0.25, 0.3) is 0 Å². The fourth-order valence-corrected chi connectivity index (χ4v) is 3.99. The lowest BCUT2D eigenvalue weighted by Gasteiger charge is -2.26. The minimum Gasteiger partial charge on any atom is -0.480 e. The SMILES string of the molecule is CNC(CCCCN)C(=O)NC(CCCCN)C(=O)NC(CCCCN)C(=O)NC(CCCCN)C(=O)O. The van der Waals surface area contributed by atoms with Gasteiger partial charge in [0.05, 0.1) is 6.04 Å². The maximum Gasteiger partial charge on any atom is 0.326 e. The highest BCUT2D eigenvalue weighted by Gasteiger charge is 2.30. The molecule has 4 unspecified atom stereocenters. The molecule has 0 aliphatic rings. The van der Waals surface area contributed by atoms with Crippen LogP contribution < -0.4 is 44.2 Å². The van der Waals surface area contributed by atoms with E-state index in [9.17, 15) is 24.3 Å². The molecule has 222 valence electrons. The summed E-state index contributed by atoms with van der Waals surface area (Å²) in [5.41, 5.74) is 22.2. The summed E-state index contributed by atoms with van der Waals surface area (Å²) in [4.78, 5) is 50.9. The van der Waals surface area contributed by atoms with Crippen molar-refractivity contribution in [1.29, 1.82) is 0 Å². The second-order valence-electron chi connectivity index (χ2n) is 9.50. The van der Waals surface area contributed by atoms with Gasteiger partial charge in [-0.1, -0.05) is 6.42 Å². The monoisotopic (exact) mass is 544 g/mol. The molecule has 0 spiro atoms. The highest BCUT2D eigenvalue weighted by molar-refractivity contribution is 5.94. The highest BCUT2D eigenvalue weighted by Crippen LogP contribution is 2.09. The van der Waals surface area contributed by atoms with Crippen molar-refractivity contribution in [3.05, 3.63) is 0 Å². The third-order valence-corrected chi connectivity index (χ3v) is 6.33. The van der Waals surface area contributed by atoms with Gasteiger partial charge >= 0.3 is 5.97 Å². The molecule has 0 saturated carbocycles. The lowest BCUT2D eigenvalue weighted by molar-refractivity contribution is -0.142. The molecule has 0 aromatic heterocycles. The van der Waals surface area contributed by atoms with E-state index in [1.807, 2.05) is 0 Å². The van der Waals surface area contributed by atoms with Gasteiger partial charge in [-0.05, 0) is 104 Å². The number of nitrogens with one attached hydrogen (secondary N) is 4. The molecule has 0 aliphatic heterocycles. The number of carboxylic acid groups (broad SMARTS) is 1. The zero-order chi connectivity index (χ0) is 28.8. The van der Waals surface area contributed by atoms with Crippen LogP contribution in [0, 0.1) is 0 Å². The Balaban J connectivity index is 5.53. The van der Waals surface area contributed by atoms with Gasteiger partial charge in [-0.3, -0.25) is 14.4 Å². The van der Waals surface area contributed by atoms with Crippen molar-refractivity contribution in [2.75, 3.05) is 33.2 Å². The summed E-state index contributed by atoms with van der Waals surface area (Å²) >= 11 is 0. The first-order valence-corrected chi connectivity index (χ1v) is 13.9. The molecule has 0 saturated heterocycles. The number of hydrogen-bond donors (Lipinski definition) is 9. The van der Waals surface area contributed by atoms with Crippen LogP contribution >= 0.6 is 0 Å². The molecule has 38 heavy (non-hydrogen) atoms. The number of carboxylic acids is 1. The van der Waals surface area contributed by atoms with Crippen molar-refractivity contribution in [2.24, 2.45) is 22.9 Å². The van der Waals surface area contributed by atoms with Gasteiger partial charge in [-0.25, -0.2) is 4.79 Å². The molecule has 0 aliphatic carbocycles. The van der Waals surface area contributed by atoms with Crippen LogP contribution in [0.5, 0.6) is 0 Å². The molecule has 4 atom stereocenters. The first-order valence-electron chi connectivity index (χ1n) is 13.9. The maximum absolute atomic E-state index is 13.3. The third-order valence-electron chi connectivity index (χ3n) is 6.33. The van der Waals surface area contributed by atoms with Gasteiger partial charge < -0.3 is 49.3 Å². The molecule has 13 N–H and O–H groups in total. The smallest absolute Gasteiger partial charge is 0.326 e. The summed E-state index contributed by atoms with van der Waals surface area (Å²) in [5.74, 6) is -2.55. The number of carbonyl (C=O) groups is 4. The third kappa shape index (κ3) is 15.8. The summed E-state index contributed by atoms with van der Waals surface area (Å²) in [6.45, 7) is 1.83. The Morgan fingerprint density at radius 1 is 0.526 bits per heavy atom. The second kappa shape index (κ2) is 22.6. The molecule has 0 fully saturated rings. The maximum atomic E-state index is 13.3. The molecule has 13 nitrogen and oxygen atoms in total. The molecule has 0 heterocycles. The van der Waals surface area contributed by atoms with Crippen LogP contribution in [0.1, 0.15) is 77.0 Å². The molecule has 0 aromatic rings. The fourth-order valence-electron chi connectivity index (χ4n) is 3.99. The molecule has 3 amide bonds. The summed E-state index contributed by atoms with van der Waals surface area (Å²) in [6.07, 6.45) is 6.66. The van der Waals surface area contributed by atoms with Crippen LogP contribution in [0.25, 0.3) is 0 Å². The molecule has 13 heteroatoms. The van der Waals surface area contributed by atoms with E-state index in [1.54, 1.807) is 7.05 Å². The van der Waals surface area contributed by atoms with Crippen LogP contribution in [0.4, 0.5) is 0 Å². The Morgan fingerprint density at radius 3 is 1.13 bits per heavy atom. The number of likely N-dealkylation sites (N-methyl/N-ethyl adjacent to an activating group) is 1. The van der Waals surface area contributed by atoms with Crippen molar-refractivity contribution < 1.29 is 24.3 Å². The number of aliphatic carboxylic acids is 1. The van der Waals surface area contributed by atoms with Gasteiger partial charge in [0.2, 0.25) is 17.7 Å². The standard InChI is InChI=1S/C25H52N8O5/c1-30-18(10-2-6-14-26)22(34)31-19(11-3-7-15-27)23(35)32-20(12-4-8-16-28)24(36)33-21(25(37)38)13-5-9-17-29/h18-21,30H,2-17,26-29H2,1H3,(H,31,34)(H,32,35)(H,33,36)(H,37,38). The van der Waals surface area contributed by atoms with E-state index in [1.165, 1.54) is 0 Å². The van der Waals surface area contributed by atoms with Crippen molar-refractivity contribution >= 4 is 23.7 Å². The first-order chi connectivity index (χ1) is 18.2. The number of hydrogen-bond acceptors (Lipinski definition) is 9. The number of amides is 3. The highest BCUT2D eigenvalue weighted by atomic mass is 16.4. The topological polar surface area (TPSA) is 241 Å². The minimum absolute atomic E-state index is 0.231. The molecule has 0 aromatic carbocycles. The normalized spacial score (nSPS) is 14.2. The van der Waals surface area contributed by atoms with E-state index >= 15 is 0 Å². The number of unbranched alkanes of at least 4 members (excludes halogenated alkanes) is 4. The zero-order valence-electron chi connectivity index (χ0n) is 23.0. The predicted molar refractivity (Wildman–Crippen MR) is 148 cm³/mol. The molecule has 0 bridgehead atoms. The fraction of sp³-hybridized carbons (Fsp3) is 0.840. The van der Waals surface area contributed by atoms with Gasteiger partial charge in [0, 0.05) is 0 Å². The van der Waals surface area contributed by atoms with Crippen LogP contribution in [-0.2, 0) is 19.2 Å². The lowest BCUT2D eigenvalue weighted by atomic mass is 10.0. The van der Waals surface area contributed by atoms with Crippen LogP contribution in [0.15, 0.2) is 0 Å². The summed E-state index contributed by atoms with van der Waals surface area (Å²) in [7, 11) is 1.68. The zero-order valence-corrected chi connectivity index (χ0v) is 23.0. The Morgan fingerprint density at radius 2 is 0.816 bits per heavy atom. The Labute approximate surface area is 226 Å². The average molecular weight is 545 g/mol. The largest absolute Gasteiger partial charge is 0.480 e. The number of rotatable bonds is 24. The second-order valence-corrected chi connectivity index (χ2v) is 9.50. The molecular formula is C25H52N8O5. The Bertz CT molecular complexity index is 682. The van der Waals surface area contributed by atoms with Crippen molar-refractivity contribution in [2.45, 2.75) is 101 Å². The molecule has 0 radical (unpaired) electrons. The Kier molecular flexibility index (Phi) is 21.3. The number of nitrogens with two attached hydrogens (primary N) is 4. The van der Waals surface area contributed by atoms with Gasteiger partial charge in [0.15, 0.2) is 0 Å². The van der Waals surface area contributed by atoms with Crippen LogP contribution in [0.3, 0.4) is 0 Å². The first kappa shape index (κ1) is 35.7. The van der Waals surface area contributed by atoms with E-state index < -0.39 is 42.0 Å². The minimum atomic E-state index is -1.15. The van der Waals surface area contributed by atoms with E-state index in [0.29, 0.717) is 77.5 Å². The summed E-state index contributed by atoms with van der Waals surface area (Å²) < 4.78 is 0. The number of carbonyl (C=O) groups excluding carboxylic acids is 3. The van der Waals surface area contributed by atoms with E-state index in [2.05, 4.69) is 21.3 Å². The molecule has 0 rings (SSSR count). The van der Waals surface area contributed by atoms with E-state index in [-0.39, 0.29) is 18.7 Å². The van der Waals surface area contributed by atoms with Crippen molar-refractivity contribution in [1.82, 2.24) is 21.3 Å². The van der Waals surface area contributed by atoms with Crippen LogP contribution in [-0.4, -0.2) is 86.2 Å². The quantitative estimate of drug-likeness (QED) is 0.0645. The van der Waals surface area contributed by atoms with Crippen molar-refractivity contribution in [3.8, 4) is 0 Å². The summed E-state index contributed by atoms with van der Waals surface area (Å²) in [6, 6.07) is -3.42. The van der Waals surface area contributed by atoms with Crippen molar-refractivity contribution in [3.63, 3.8) is 0 Å². The van der Waals surface area contributed by atoms with E-state index in [4.69, 9.17) is 22.9 Å². The molecular weight excluding hydrogens is 492 g/mol. The van der Waals surface area contributed by atoms with E-state index in [0.717, 1.165) is 12.8 Å². The van der Waals surface area contributed by atoms with Gasteiger partial charge in [-0.2, -0.15) is 0 Å². The average Bonchev–Trinajstić information content (AvgIpc) is 2.89. The van der Waals surface area contributed by atoms with Gasteiger partial charge in [0.1, 0.15) is 18.1 Å². The van der Waals surface area contributed by atoms with Crippen LogP contribution in [0.2, 0.25) is 0 Å². The Hall–Kier alpha value is -2.32.